The summed E-state index contributed by atoms with van der Waals surface area (Å²) in [6.07, 6.45) is 3.94. The number of alkyl halides is 2. The van der Waals surface area contributed by atoms with Crippen molar-refractivity contribution in [3.8, 4) is 0 Å². The number of hydrogen-bond acceptors (Lipinski definition) is 0. The molecule has 0 fully saturated rings. The maximum absolute atomic E-state index is 3.61. The molecule has 0 saturated heterocycles. The second kappa shape index (κ2) is 17.0. The molecule has 0 aliphatic rings. The zero-order valence-electron chi connectivity index (χ0n) is 9.19. The average molecular weight is 378 g/mol. The predicted molar refractivity (Wildman–Crippen MR) is 95.9 cm³/mol. The molecule has 0 radical (unpaired) electrons. The second-order valence-corrected chi connectivity index (χ2v) is 7.61. The van der Waals surface area contributed by atoms with Crippen LogP contribution in [0.15, 0.2) is 0 Å². The van der Waals surface area contributed by atoms with Crippen LogP contribution in [-0.4, -0.2) is 9.65 Å². The zero-order chi connectivity index (χ0) is 10.4. The fourth-order valence-corrected chi connectivity index (χ4v) is 3.26. The van der Waals surface area contributed by atoms with E-state index in [0.717, 1.165) is 11.8 Å². The van der Waals surface area contributed by atoms with Gasteiger partial charge in [-0.3, -0.25) is 0 Å². The Hall–Kier alpha value is 0.960. The summed E-state index contributed by atoms with van der Waals surface area (Å²) in [7, 11) is 0. The Labute approximate surface area is 130 Å². The van der Waals surface area contributed by atoms with Gasteiger partial charge in [-0.05, 0) is 31.1 Å². The smallest absolute Gasteiger partial charge is 0.0120 e. The SMILES string of the molecule is C.C.C.C.CC(Br)CC(C)CC(C)CC(C)Br. The van der Waals surface area contributed by atoms with E-state index in [0.29, 0.717) is 9.65 Å². The molecular weight excluding hydrogens is 340 g/mol. The summed E-state index contributed by atoms with van der Waals surface area (Å²) in [6.45, 7) is 9.17. The van der Waals surface area contributed by atoms with Crippen molar-refractivity contribution < 1.29 is 0 Å². The molecule has 0 aliphatic heterocycles. The third-order valence-electron chi connectivity index (χ3n) is 2.26. The monoisotopic (exact) mass is 376 g/mol. The fourth-order valence-electron chi connectivity index (χ4n) is 1.99. The van der Waals surface area contributed by atoms with Gasteiger partial charge in [0, 0.05) is 9.65 Å². The summed E-state index contributed by atoms with van der Waals surface area (Å²) in [6, 6.07) is 0. The molecule has 4 atom stereocenters. The van der Waals surface area contributed by atoms with Crippen molar-refractivity contribution in [3.63, 3.8) is 0 Å². The van der Waals surface area contributed by atoms with Crippen LogP contribution in [-0.2, 0) is 0 Å². The third kappa shape index (κ3) is 22.6. The first-order valence-electron chi connectivity index (χ1n) is 5.20. The van der Waals surface area contributed by atoms with Crippen molar-refractivity contribution in [2.45, 2.75) is 86.3 Å². The van der Waals surface area contributed by atoms with E-state index >= 15 is 0 Å². The Kier molecular flexibility index (Phi) is 30.7. The Morgan fingerprint density at radius 1 is 0.588 bits per heavy atom. The molecule has 0 aliphatic carbocycles. The van der Waals surface area contributed by atoms with E-state index in [1.807, 2.05) is 0 Å². The normalized spacial score (nSPS) is 15.9. The summed E-state index contributed by atoms with van der Waals surface area (Å²) in [5.74, 6) is 1.69. The Morgan fingerprint density at radius 2 is 0.824 bits per heavy atom. The van der Waals surface area contributed by atoms with Crippen LogP contribution >= 0.6 is 31.9 Å². The van der Waals surface area contributed by atoms with E-state index < -0.39 is 0 Å². The van der Waals surface area contributed by atoms with E-state index in [1.165, 1.54) is 19.3 Å². The van der Waals surface area contributed by atoms with Gasteiger partial charge in [0.25, 0.3) is 0 Å². The first-order valence-corrected chi connectivity index (χ1v) is 7.03. The molecule has 0 saturated carbocycles. The lowest BCUT2D eigenvalue weighted by Crippen LogP contribution is -2.09. The van der Waals surface area contributed by atoms with Crippen molar-refractivity contribution in [2.24, 2.45) is 11.8 Å². The number of hydrogen-bond donors (Lipinski definition) is 0. The summed E-state index contributed by atoms with van der Waals surface area (Å²) < 4.78 is 0. The van der Waals surface area contributed by atoms with Crippen molar-refractivity contribution in [1.82, 2.24) is 0 Å². The van der Waals surface area contributed by atoms with Gasteiger partial charge in [-0.25, -0.2) is 0 Å². The van der Waals surface area contributed by atoms with Crippen molar-refractivity contribution in [1.29, 1.82) is 0 Å². The molecule has 0 spiro atoms. The highest BCUT2D eigenvalue weighted by Crippen LogP contribution is 2.24. The molecule has 0 heterocycles. The summed E-state index contributed by atoms with van der Waals surface area (Å²) >= 11 is 7.21. The predicted octanol–water partition coefficient (Wildman–Crippen LogP) is 7.54. The maximum atomic E-state index is 3.61. The molecule has 0 aromatic carbocycles. The van der Waals surface area contributed by atoms with Gasteiger partial charge in [0.2, 0.25) is 0 Å². The largest absolute Gasteiger partial charge is 0.0894 e. The molecule has 0 aromatic rings. The summed E-state index contributed by atoms with van der Waals surface area (Å²) in [5, 5.41) is 0. The highest BCUT2D eigenvalue weighted by atomic mass is 79.9. The minimum absolute atomic E-state index is 0. The first-order chi connectivity index (χ1) is 5.91. The van der Waals surface area contributed by atoms with E-state index in [1.54, 1.807) is 0 Å². The molecule has 0 bridgehead atoms. The minimum atomic E-state index is 0. The van der Waals surface area contributed by atoms with Crippen LogP contribution in [0.1, 0.15) is 76.7 Å². The van der Waals surface area contributed by atoms with E-state index in [2.05, 4.69) is 59.6 Å². The fraction of sp³-hybridized carbons (Fsp3) is 1.00. The third-order valence-corrected chi connectivity index (χ3v) is 3.01. The molecule has 0 N–H and O–H groups in total. The van der Waals surface area contributed by atoms with Gasteiger partial charge in [0.1, 0.15) is 0 Å². The highest BCUT2D eigenvalue weighted by molar-refractivity contribution is 9.09. The summed E-state index contributed by atoms with van der Waals surface area (Å²) in [5.41, 5.74) is 0. The van der Waals surface area contributed by atoms with Crippen LogP contribution in [0.5, 0.6) is 0 Å². The van der Waals surface area contributed by atoms with Gasteiger partial charge in [-0.1, -0.05) is 89.3 Å². The van der Waals surface area contributed by atoms with Gasteiger partial charge in [-0.2, -0.15) is 0 Å². The van der Waals surface area contributed by atoms with E-state index in [9.17, 15) is 0 Å². The zero-order valence-corrected chi connectivity index (χ0v) is 12.4. The molecular formula is C15H38Br2. The second-order valence-electron chi connectivity index (χ2n) is 4.48. The van der Waals surface area contributed by atoms with E-state index in [4.69, 9.17) is 0 Å². The Balaban J connectivity index is -0.000000120. The lowest BCUT2D eigenvalue weighted by atomic mass is 9.91. The maximum Gasteiger partial charge on any atom is 0.0120 e. The average Bonchev–Trinajstić information content (AvgIpc) is 1.80. The van der Waals surface area contributed by atoms with Crippen LogP contribution < -0.4 is 0 Å². The molecule has 2 heteroatoms. The number of rotatable bonds is 6. The first kappa shape index (κ1) is 30.8. The molecule has 0 aromatic heterocycles. The van der Waals surface area contributed by atoms with Crippen molar-refractivity contribution in [2.75, 3.05) is 0 Å². The van der Waals surface area contributed by atoms with Crippen LogP contribution in [0.3, 0.4) is 0 Å². The van der Waals surface area contributed by atoms with Crippen LogP contribution in [0.2, 0.25) is 0 Å². The van der Waals surface area contributed by atoms with Crippen molar-refractivity contribution in [3.05, 3.63) is 0 Å². The van der Waals surface area contributed by atoms with Gasteiger partial charge in [0.15, 0.2) is 0 Å². The van der Waals surface area contributed by atoms with Gasteiger partial charge in [-0.15, -0.1) is 0 Å². The highest BCUT2D eigenvalue weighted by Gasteiger charge is 2.12. The minimum Gasteiger partial charge on any atom is -0.0894 e. The van der Waals surface area contributed by atoms with Crippen LogP contribution in [0, 0.1) is 11.8 Å². The molecule has 112 valence electrons. The molecule has 4 unspecified atom stereocenters. The molecule has 0 rings (SSSR count). The quantitative estimate of drug-likeness (QED) is 0.419. The van der Waals surface area contributed by atoms with Gasteiger partial charge >= 0.3 is 0 Å². The summed E-state index contributed by atoms with van der Waals surface area (Å²) in [4.78, 5) is 1.33. The van der Waals surface area contributed by atoms with Crippen molar-refractivity contribution >= 4 is 31.9 Å². The van der Waals surface area contributed by atoms with Crippen LogP contribution in [0.25, 0.3) is 0 Å². The van der Waals surface area contributed by atoms with E-state index in [-0.39, 0.29) is 29.7 Å². The standard InChI is InChI=1S/C11H22Br2.4CH4/c1-8(6-10(3)12)5-9(2)7-11(4)13;;;;/h8-11H,5-7H2,1-4H3;4*1H4. The topological polar surface area (TPSA) is 0 Å². The lowest BCUT2D eigenvalue weighted by Gasteiger charge is -2.19. The Morgan fingerprint density at radius 3 is 1.00 bits per heavy atom. The van der Waals surface area contributed by atoms with Gasteiger partial charge in [0.05, 0.1) is 0 Å². The molecule has 17 heavy (non-hydrogen) atoms. The molecule has 0 amide bonds. The Bertz CT molecular complexity index is 108. The lowest BCUT2D eigenvalue weighted by molar-refractivity contribution is 0.380. The molecule has 0 nitrogen and oxygen atoms in total. The van der Waals surface area contributed by atoms with Crippen LogP contribution in [0.4, 0.5) is 0 Å². The van der Waals surface area contributed by atoms with Gasteiger partial charge < -0.3 is 0 Å². The number of halogens is 2.